The lowest BCUT2D eigenvalue weighted by molar-refractivity contribution is 0.219. The van der Waals surface area contributed by atoms with Crippen LogP contribution < -0.4 is 0 Å². The van der Waals surface area contributed by atoms with Crippen LogP contribution >= 0.6 is 0 Å². The lowest BCUT2D eigenvalue weighted by Gasteiger charge is -2.32. The fourth-order valence-electron chi connectivity index (χ4n) is 2.55. The van der Waals surface area contributed by atoms with Crippen LogP contribution in [0.5, 0.6) is 0 Å². The van der Waals surface area contributed by atoms with Crippen molar-refractivity contribution in [2.24, 2.45) is 0 Å². The van der Waals surface area contributed by atoms with Crippen molar-refractivity contribution in [2.75, 3.05) is 0 Å². The minimum Gasteiger partial charge on any atom is -0.410 e. The molecule has 0 aromatic heterocycles. The van der Waals surface area contributed by atoms with Crippen molar-refractivity contribution in [1.29, 1.82) is 0 Å². The van der Waals surface area contributed by atoms with Crippen molar-refractivity contribution in [3.63, 3.8) is 0 Å². The predicted molar refractivity (Wildman–Crippen MR) is 74.2 cm³/mol. The minimum atomic E-state index is -1.43. The van der Waals surface area contributed by atoms with Crippen molar-refractivity contribution in [2.45, 2.75) is 64.3 Å². The molecule has 0 radical (unpaired) electrons. The van der Waals surface area contributed by atoms with Gasteiger partial charge in [0.1, 0.15) is 0 Å². The predicted octanol–water partition coefficient (Wildman–Crippen LogP) is 4.67. The van der Waals surface area contributed by atoms with Crippen LogP contribution in [0.25, 0.3) is 0 Å². The Hall–Kier alpha value is -0.343. The minimum absolute atomic E-state index is 0.407. The molecule has 0 spiro atoms. The maximum absolute atomic E-state index is 6.53. The van der Waals surface area contributed by atoms with Gasteiger partial charge in [-0.1, -0.05) is 32.9 Å². The van der Waals surface area contributed by atoms with E-state index in [4.69, 9.17) is 4.43 Å². The van der Waals surface area contributed by atoms with Crippen LogP contribution in [0.15, 0.2) is 24.3 Å². The van der Waals surface area contributed by atoms with E-state index in [-0.39, 0.29) is 0 Å². The number of hydrogen-bond acceptors (Lipinski definition) is 1. The molecule has 0 aromatic rings. The van der Waals surface area contributed by atoms with E-state index in [2.05, 4.69) is 33.4 Å². The van der Waals surface area contributed by atoms with E-state index < -0.39 is 8.32 Å². The average molecular weight is 238 g/mol. The molecule has 0 amide bonds. The van der Waals surface area contributed by atoms with Gasteiger partial charge in [0, 0.05) is 0 Å². The largest absolute Gasteiger partial charge is 0.410 e. The third-order valence-corrected chi connectivity index (χ3v) is 8.60. The second-order valence-corrected chi connectivity index (χ2v) is 9.42. The molecule has 0 heterocycles. The molecule has 16 heavy (non-hydrogen) atoms. The summed E-state index contributed by atoms with van der Waals surface area (Å²) in [4.78, 5) is 0. The molecule has 0 unspecified atom stereocenters. The van der Waals surface area contributed by atoms with Gasteiger partial charge in [-0.3, -0.25) is 0 Å². The molecule has 2 heteroatoms. The first kappa shape index (κ1) is 13.7. The van der Waals surface area contributed by atoms with Crippen LogP contribution in [0.1, 0.15) is 40.0 Å². The first-order valence-corrected chi connectivity index (χ1v) is 9.22. The van der Waals surface area contributed by atoms with Gasteiger partial charge in [-0.15, -0.1) is 6.58 Å². The van der Waals surface area contributed by atoms with Gasteiger partial charge < -0.3 is 4.43 Å². The summed E-state index contributed by atoms with van der Waals surface area (Å²) in [5.41, 5.74) is 1.47. The first-order chi connectivity index (χ1) is 7.71. The molecule has 0 bridgehead atoms. The van der Waals surface area contributed by atoms with Crippen molar-refractivity contribution < 1.29 is 4.43 Å². The molecule has 1 aliphatic rings. The molecule has 0 N–H and O–H groups in total. The van der Waals surface area contributed by atoms with E-state index in [0.717, 1.165) is 6.42 Å². The van der Waals surface area contributed by atoms with E-state index in [1.165, 1.54) is 36.5 Å². The fourth-order valence-corrected chi connectivity index (χ4v) is 5.43. The molecule has 1 atom stereocenters. The Bertz CT molecular complexity index is 245. The van der Waals surface area contributed by atoms with E-state index in [1.54, 1.807) is 0 Å². The maximum Gasteiger partial charge on any atom is 0.192 e. The summed E-state index contributed by atoms with van der Waals surface area (Å²) in [6, 6.07) is 3.74. The number of hydrogen-bond donors (Lipinski definition) is 0. The SMILES string of the molecule is C=CCC1=CCC[C@H]1O[Si](CC)(CC)CC. The van der Waals surface area contributed by atoms with Crippen LogP contribution in [-0.2, 0) is 4.43 Å². The van der Waals surface area contributed by atoms with Gasteiger partial charge in [0.15, 0.2) is 8.32 Å². The highest BCUT2D eigenvalue weighted by Gasteiger charge is 2.33. The normalized spacial score (nSPS) is 20.9. The molecular weight excluding hydrogens is 212 g/mol. The number of allylic oxidation sites excluding steroid dienone is 2. The third kappa shape index (κ3) is 3.08. The second kappa shape index (κ2) is 6.41. The van der Waals surface area contributed by atoms with Gasteiger partial charge in [-0.05, 0) is 43.0 Å². The summed E-state index contributed by atoms with van der Waals surface area (Å²) < 4.78 is 6.53. The van der Waals surface area contributed by atoms with Gasteiger partial charge in [-0.2, -0.15) is 0 Å². The summed E-state index contributed by atoms with van der Waals surface area (Å²) in [5.74, 6) is 0. The summed E-state index contributed by atoms with van der Waals surface area (Å²) in [6.07, 6.45) is 8.15. The van der Waals surface area contributed by atoms with Crippen molar-refractivity contribution in [3.8, 4) is 0 Å². The zero-order valence-corrected chi connectivity index (χ0v) is 12.1. The molecule has 92 valence electrons. The molecule has 0 saturated heterocycles. The van der Waals surface area contributed by atoms with Crippen LogP contribution in [0.2, 0.25) is 18.1 Å². The van der Waals surface area contributed by atoms with Crippen LogP contribution in [0.4, 0.5) is 0 Å². The van der Waals surface area contributed by atoms with E-state index >= 15 is 0 Å². The molecule has 1 nitrogen and oxygen atoms in total. The Morgan fingerprint density at radius 3 is 2.50 bits per heavy atom. The second-order valence-electron chi connectivity index (χ2n) is 4.70. The fraction of sp³-hybridized carbons (Fsp3) is 0.714. The van der Waals surface area contributed by atoms with Crippen LogP contribution in [-0.4, -0.2) is 14.4 Å². The van der Waals surface area contributed by atoms with Gasteiger partial charge in [0.05, 0.1) is 6.10 Å². The highest BCUT2D eigenvalue weighted by atomic mass is 28.4. The van der Waals surface area contributed by atoms with E-state index in [0.29, 0.717) is 6.10 Å². The molecule has 0 aliphatic heterocycles. The molecular formula is C14H26OSi. The molecule has 1 aliphatic carbocycles. The summed E-state index contributed by atoms with van der Waals surface area (Å²) in [7, 11) is -1.43. The smallest absolute Gasteiger partial charge is 0.192 e. The number of rotatable bonds is 7. The lowest BCUT2D eigenvalue weighted by atomic mass is 10.1. The van der Waals surface area contributed by atoms with Crippen LogP contribution in [0.3, 0.4) is 0 Å². The average Bonchev–Trinajstić information content (AvgIpc) is 2.74. The zero-order chi connectivity index (χ0) is 12.0. The highest BCUT2D eigenvalue weighted by molar-refractivity contribution is 6.73. The molecule has 0 saturated carbocycles. The summed E-state index contributed by atoms with van der Waals surface area (Å²) >= 11 is 0. The Kier molecular flexibility index (Phi) is 5.49. The summed E-state index contributed by atoms with van der Waals surface area (Å²) in [5, 5.41) is 0. The van der Waals surface area contributed by atoms with E-state index in [1.807, 2.05) is 6.08 Å². The van der Waals surface area contributed by atoms with Crippen molar-refractivity contribution >= 4 is 8.32 Å². The topological polar surface area (TPSA) is 9.23 Å². The molecule has 0 fully saturated rings. The monoisotopic (exact) mass is 238 g/mol. The highest BCUT2D eigenvalue weighted by Crippen LogP contribution is 2.32. The van der Waals surface area contributed by atoms with Crippen LogP contribution in [0, 0.1) is 0 Å². The van der Waals surface area contributed by atoms with Gasteiger partial charge in [0.25, 0.3) is 0 Å². The Morgan fingerprint density at radius 1 is 1.38 bits per heavy atom. The van der Waals surface area contributed by atoms with Gasteiger partial charge in [-0.25, -0.2) is 0 Å². The van der Waals surface area contributed by atoms with Crippen molar-refractivity contribution in [3.05, 3.63) is 24.3 Å². The van der Waals surface area contributed by atoms with Gasteiger partial charge in [0.2, 0.25) is 0 Å². The van der Waals surface area contributed by atoms with Gasteiger partial charge >= 0.3 is 0 Å². The molecule has 1 rings (SSSR count). The summed E-state index contributed by atoms with van der Waals surface area (Å²) in [6.45, 7) is 10.7. The Balaban J connectivity index is 2.64. The molecule has 0 aromatic carbocycles. The Morgan fingerprint density at radius 2 is 2.00 bits per heavy atom. The maximum atomic E-state index is 6.53. The zero-order valence-electron chi connectivity index (χ0n) is 11.1. The lowest BCUT2D eigenvalue weighted by Crippen LogP contribution is -2.39. The first-order valence-electron chi connectivity index (χ1n) is 6.69. The Labute approximate surface area is 102 Å². The quantitative estimate of drug-likeness (QED) is 0.462. The van der Waals surface area contributed by atoms with Crippen molar-refractivity contribution in [1.82, 2.24) is 0 Å². The van der Waals surface area contributed by atoms with E-state index in [9.17, 15) is 0 Å². The third-order valence-electron chi connectivity index (χ3n) is 3.95. The standard InChI is InChI=1S/C14H26OSi/c1-5-10-13-11-9-12-14(13)15-16(6-2,7-3)8-4/h5,11,14H,1,6-10,12H2,2-4H3/t14-/m1/s1.